The number of likely N-dealkylation sites (tertiary alicyclic amines) is 1. The van der Waals surface area contributed by atoms with Crippen molar-refractivity contribution in [1.82, 2.24) is 4.90 Å². The number of allylic oxidation sites excluding steroid dienone is 1. The summed E-state index contributed by atoms with van der Waals surface area (Å²) < 4.78 is 12.0. The van der Waals surface area contributed by atoms with E-state index in [2.05, 4.69) is 6.08 Å². The Morgan fingerprint density at radius 3 is 2.62 bits per heavy atom. The molecule has 1 N–H and O–H groups in total. The van der Waals surface area contributed by atoms with Gasteiger partial charge in [0.25, 0.3) is 5.91 Å². The molecular weight excluding hydrogens is 330 g/mol. The Hall–Kier alpha value is -1.07. The molecule has 0 aromatic rings. The van der Waals surface area contributed by atoms with E-state index in [-0.39, 0.29) is 24.7 Å². The van der Waals surface area contributed by atoms with Gasteiger partial charge in [-0.1, -0.05) is 12.8 Å². The molecule has 148 valence electrons. The summed E-state index contributed by atoms with van der Waals surface area (Å²) >= 11 is 0. The summed E-state index contributed by atoms with van der Waals surface area (Å²) in [5.74, 6) is 1.69. The lowest BCUT2D eigenvalue weighted by molar-refractivity contribution is -0.179. The van der Waals surface area contributed by atoms with Gasteiger partial charge in [0, 0.05) is 32.2 Å². The second-order valence-corrected chi connectivity index (χ2v) is 7.98. The van der Waals surface area contributed by atoms with Gasteiger partial charge in [-0.2, -0.15) is 0 Å². The fourth-order valence-corrected chi connectivity index (χ4v) is 4.91. The summed E-state index contributed by atoms with van der Waals surface area (Å²) in [7, 11) is 0. The third kappa shape index (κ3) is 4.61. The molecule has 1 amide bonds. The van der Waals surface area contributed by atoms with Gasteiger partial charge in [0.2, 0.25) is 6.29 Å². The van der Waals surface area contributed by atoms with E-state index in [0.29, 0.717) is 24.2 Å². The third-order valence-corrected chi connectivity index (χ3v) is 6.26. The molecule has 2 fully saturated rings. The zero-order valence-electron chi connectivity index (χ0n) is 16.2. The van der Waals surface area contributed by atoms with Crippen LogP contribution in [-0.4, -0.2) is 48.5 Å². The molecule has 3 atom stereocenters. The van der Waals surface area contributed by atoms with Crippen LogP contribution in [0.25, 0.3) is 0 Å². The number of ether oxygens (including phenoxy) is 2. The van der Waals surface area contributed by atoms with Crippen LogP contribution in [0.3, 0.4) is 0 Å². The highest BCUT2D eigenvalue weighted by atomic mass is 16.7. The molecule has 3 aliphatic rings. The number of aliphatic hydroxyl groups excluding tert-OH is 1. The minimum atomic E-state index is -0.370. The first-order chi connectivity index (χ1) is 12.7. The number of hydrogen-bond donors (Lipinski definition) is 1. The van der Waals surface area contributed by atoms with Crippen molar-refractivity contribution >= 4 is 5.91 Å². The van der Waals surface area contributed by atoms with Gasteiger partial charge in [-0.3, -0.25) is 4.79 Å². The summed E-state index contributed by atoms with van der Waals surface area (Å²) in [6.45, 7) is 4.40. The Morgan fingerprint density at radius 1 is 1.23 bits per heavy atom. The number of rotatable bonds is 7. The topological polar surface area (TPSA) is 59.0 Å². The Bertz CT molecular complexity index is 480. The average molecular weight is 366 g/mol. The molecule has 0 spiro atoms. The Kier molecular flexibility index (Phi) is 7.38. The van der Waals surface area contributed by atoms with Crippen LogP contribution in [0.2, 0.25) is 0 Å². The lowest BCUT2D eigenvalue weighted by atomic mass is 9.76. The maximum Gasteiger partial charge on any atom is 0.288 e. The zero-order valence-corrected chi connectivity index (χ0v) is 16.2. The smallest absolute Gasteiger partial charge is 0.288 e. The molecule has 3 rings (SSSR count). The van der Waals surface area contributed by atoms with Crippen LogP contribution in [0.15, 0.2) is 11.8 Å². The molecule has 0 aromatic heterocycles. The lowest BCUT2D eigenvalue weighted by Gasteiger charge is -2.40. The molecule has 0 aromatic carbocycles. The van der Waals surface area contributed by atoms with Crippen molar-refractivity contribution in [1.29, 1.82) is 0 Å². The van der Waals surface area contributed by atoms with Gasteiger partial charge in [-0.25, -0.2) is 0 Å². The maximum absolute atomic E-state index is 13.0. The van der Waals surface area contributed by atoms with Crippen LogP contribution in [0.4, 0.5) is 0 Å². The average Bonchev–Trinajstić information content (AvgIpc) is 3.21. The van der Waals surface area contributed by atoms with Crippen LogP contribution in [0.1, 0.15) is 64.7 Å². The van der Waals surface area contributed by atoms with Crippen LogP contribution in [-0.2, 0) is 14.3 Å². The molecule has 26 heavy (non-hydrogen) atoms. The maximum atomic E-state index is 13.0. The molecular formula is C21H35NO4. The van der Waals surface area contributed by atoms with E-state index < -0.39 is 0 Å². The van der Waals surface area contributed by atoms with E-state index in [1.165, 1.54) is 32.1 Å². The van der Waals surface area contributed by atoms with Gasteiger partial charge < -0.3 is 19.5 Å². The van der Waals surface area contributed by atoms with Crippen molar-refractivity contribution in [2.45, 2.75) is 71.0 Å². The van der Waals surface area contributed by atoms with Crippen molar-refractivity contribution < 1.29 is 19.4 Å². The Balaban J connectivity index is 1.81. The predicted octanol–water partition coefficient (Wildman–Crippen LogP) is 3.47. The first kappa shape index (κ1) is 19.7. The Labute approximate surface area is 157 Å². The molecule has 5 heteroatoms. The number of nitrogens with zero attached hydrogens (tertiary/aromatic N) is 1. The number of carbonyl (C=O) groups is 1. The van der Waals surface area contributed by atoms with Crippen molar-refractivity contribution in [3.8, 4) is 0 Å². The second kappa shape index (κ2) is 9.75. The van der Waals surface area contributed by atoms with E-state index in [9.17, 15) is 9.90 Å². The fourth-order valence-electron chi connectivity index (χ4n) is 4.91. The monoisotopic (exact) mass is 365 g/mol. The highest BCUT2D eigenvalue weighted by Gasteiger charge is 2.41. The minimum Gasteiger partial charge on any atom is -0.459 e. The van der Waals surface area contributed by atoms with E-state index >= 15 is 0 Å². The SMILES string of the molecule is CCO[C@@H]1OC(C(=O)N2CCCCC2)=C[C@H](C2CCCC2)[C@@H]1CCCO. The molecule has 2 heterocycles. The summed E-state index contributed by atoms with van der Waals surface area (Å²) in [6, 6.07) is 0. The normalized spacial score (nSPS) is 30.2. The summed E-state index contributed by atoms with van der Waals surface area (Å²) in [5, 5.41) is 9.32. The molecule has 1 saturated heterocycles. The quantitative estimate of drug-likeness (QED) is 0.750. The summed E-state index contributed by atoms with van der Waals surface area (Å²) in [6.07, 6.45) is 11.7. The van der Waals surface area contributed by atoms with Gasteiger partial charge in [0.1, 0.15) is 0 Å². The predicted molar refractivity (Wildman–Crippen MR) is 100 cm³/mol. The second-order valence-electron chi connectivity index (χ2n) is 7.98. The molecule has 0 radical (unpaired) electrons. The van der Waals surface area contributed by atoms with Crippen molar-refractivity contribution in [2.24, 2.45) is 17.8 Å². The molecule has 0 unspecified atom stereocenters. The first-order valence-corrected chi connectivity index (χ1v) is 10.6. The highest BCUT2D eigenvalue weighted by molar-refractivity contribution is 5.91. The molecule has 2 aliphatic heterocycles. The van der Waals surface area contributed by atoms with Crippen LogP contribution >= 0.6 is 0 Å². The molecule has 1 saturated carbocycles. The number of piperidine rings is 1. The summed E-state index contributed by atoms with van der Waals surface area (Å²) in [5.41, 5.74) is 0. The minimum absolute atomic E-state index is 0.0398. The van der Waals surface area contributed by atoms with Crippen molar-refractivity contribution in [2.75, 3.05) is 26.3 Å². The molecule has 1 aliphatic carbocycles. The molecule has 0 bridgehead atoms. The van der Waals surface area contributed by atoms with Crippen LogP contribution in [0, 0.1) is 17.8 Å². The zero-order chi connectivity index (χ0) is 18.4. The van der Waals surface area contributed by atoms with Gasteiger partial charge in [0.05, 0.1) is 0 Å². The number of hydrogen-bond acceptors (Lipinski definition) is 4. The van der Waals surface area contributed by atoms with E-state index in [1.54, 1.807) is 0 Å². The highest BCUT2D eigenvalue weighted by Crippen LogP contribution is 2.43. The fraction of sp³-hybridized carbons (Fsp3) is 0.857. The van der Waals surface area contributed by atoms with E-state index in [1.807, 2.05) is 11.8 Å². The van der Waals surface area contributed by atoms with Crippen molar-refractivity contribution in [3.63, 3.8) is 0 Å². The summed E-state index contributed by atoms with van der Waals surface area (Å²) in [4.78, 5) is 15.0. The first-order valence-electron chi connectivity index (χ1n) is 10.6. The number of aliphatic hydroxyl groups is 1. The van der Waals surface area contributed by atoms with Gasteiger partial charge >= 0.3 is 0 Å². The standard InChI is InChI=1S/C21H35NO4/c1-2-25-21-17(11-8-14-23)18(16-9-4-5-10-16)15-19(26-21)20(24)22-12-6-3-7-13-22/h15-18,21,23H,2-14H2,1H3/t17-,18+,21+/m0/s1. The molecule has 5 nitrogen and oxygen atoms in total. The van der Waals surface area contributed by atoms with Gasteiger partial charge in [0.15, 0.2) is 5.76 Å². The van der Waals surface area contributed by atoms with Crippen molar-refractivity contribution in [3.05, 3.63) is 11.8 Å². The Morgan fingerprint density at radius 2 is 1.96 bits per heavy atom. The van der Waals surface area contributed by atoms with E-state index in [4.69, 9.17) is 9.47 Å². The van der Waals surface area contributed by atoms with Gasteiger partial charge in [-0.15, -0.1) is 0 Å². The van der Waals surface area contributed by atoms with E-state index in [0.717, 1.165) is 38.8 Å². The van der Waals surface area contributed by atoms with Crippen LogP contribution < -0.4 is 0 Å². The van der Waals surface area contributed by atoms with Gasteiger partial charge in [-0.05, 0) is 69.8 Å². The number of amides is 1. The number of carbonyl (C=O) groups excluding carboxylic acids is 1. The third-order valence-electron chi connectivity index (χ3n) is 6.26. The largest absolute Gasteiger partial charge is 0.459 e. The van der Waals surface area contributed by atoms with Crippen LogP contribution in [0.5, 0.6) is 0 Å². The lowest BCUT2D eigenvalue weighted by Crippen LogP contribution is -2.43.